The first kappa shape index (κ1) is 13.3. The highest BCUT2D eigenvalue weighted by atomic mass is 16.5. The van der Waals surface area contributed by atoms with Crippen LogP contribution < -0.4 is 10.6 Å². The van der Waals surface area contributed by atoms with Gasteiger partial charge in [-0.05, 0) is 36.6 Å². The summed E-state index contributed by atoms with van der Waals surface area (Å²) in [7, 11) is 0. The fourth-order valence-electron chi connectivity index (χ4n) is 2.47. The maximum atomic E-state index is 9.17. The van der Waals surface area contributed by atoms with Crippen LogP contribution >= 0.6 is 0 Å². The molecule has 1 aliphatic rings. The van der Waals surface area contributed by atoms with E-state index in [9.17, 15) is 0 Å². The lowest BCUT2D eigenvalue weighted by Gasteiger charge is -2.31. The van der Waals surface area contributed by atoms with Gasteiger partial charge in [0.25, 0.3) is 0 Å². The number of nitrogens with zero attached hydrogens (tertiary/aromatic N) is 1. The van der Waals surface area contributed by atoms with Crippen LogP contribution in [-0.4, -0.2) is 38.0 Å². The molecule has 0 unspecified atom stereocenters. The molecule has 0 amide bonds. The Labute approximate surface area is 108 Å². The molecule has 0 aromatic heterocycles. The Kier molecular flexibility index (Phi) is 4.22. The lowest BCUT2D eigenvalue weighted by Crippen LogP contribution is -2.36. The van der Waals surface area contributed by atoms with Crippen LogP contribution in [0.5, 0.6) is 0 Å². The first-order chi connectivity index (χ1) is 8.65. The molecule has 4 heteroatoms. The van der Waals surface area contributed by atoms with Crippen molar-refractivity contribution in [1.29, 1.82) is 0 Å². The highest BCUT2D eigenvalue weighted by Crippen LogP contribution is 2.28. The lowest BCUT2D eigenvalue weighted by atomic mass is 9.96. The van der Waals surface area contributed by atoms with Gasteiger partial charge in [0.15, 0.2) is 0 Å². The molecule has 0 aliphatic carbocycles. The van der Waals surface area contributed by atoms with Gasteiger partial charge >= 0.3 is 0 Å². The van der Waals surface area contributed by atoms with Gasteiger partial charge in [0.1, 0.15) is 0 Å². The minimum Gasteiger partial charge on any atom is -0.394 e. The zero-order valence-electron chi connectivity index (χ0n) is 11.1. The Bertz CT molecular complexity index is 415. The summed E-state index contributed by atoms with van der Waals surface area (Å²) in [5, 5.41) is 9.17. The molecular formula is C14H22N2O2. The lowest BCUT2D eigenvalue weighted by molar-refractivity contribution is 0.122. The van der Waals surface area contributed by atoms with E-state index in [2.05, 4.69) is 24.8 Å². The van der Waals surface area contributed by atoms with Crippen LogP contribution in [0.3, 0.4) is 0 Å². The number of morpholine rings is 1. The number of aliphatic hydroxyl groups is 1. The van der Waals surface area contributed by atoms with E-state index in [4.69, 9.17) is 15.6 Å². The largest absolute Gasteiger partial charge is 0.394 e. The molecule has 1 aromatic carbocycles. The van der Waals surface area contributed by atoms with E-state index in [1.54, 1.807) is 0 Å². The molecular weight excluding hydrogens is 228 g/mol. The maximum absolute atomic E-state index is 9.17. The quantitative estimate of drug-likeness (QED) is 0.844. The third-order valence-electron chi connectivity index (χ3n) is 3.75. The minimum atomic E-state index is -0.289. The van der Waals surface area contributed by atoms with Gasteiger partial charge in [0.2, 0.25) is 0 Å². The molecule has 100 valence electrons. The van der Waals surface area contributed by atoms with Crippen LogP contribution in [0.4, 0.5) is 5.69 Å². The average Bonchev–Trinajstić information content (AvgIpc) is 2.42. The summed E-state index contributed by atoms with van der Waals surface area (Å²) in [5.41, 5.74) is 10.6. The summed E-state index contributed by atoms with van der Waals surface area (Å²) >= 11 is 0. The summed E-state index contributed by atoms with van der Waals surface area (Å²) in [6.07, 6.45) is 0. The van der Waals surface area contributed by atoms with Crippen LogP contribution in [-0.2, 0) is 4.74 Å². The van der Waals surface area contributed by atoms with Crippen LogP contribution in [0.15, 0.2) is 12.1 Å². The number of rotatable bonds is 3. The fourth-order valence-corrected chi connectivity index (χ4v) is 2.47. The van der Waals surface area contributed by atoms with Gasteiger partial charge in [-0.25, -0.2) is 0 Å². The third kappa shape index (κ3) is 2.51. The Morgan fingerprint density at radius 3 is 2.56 bits per heavy atom. The molecule has 0 bridgehead atoms. The molecule has 4 nitrogen and oxygen atoms in total. The number of benzene rings is 1. The van der Waals surface area contributed by atoms with Crippen LogP contribution in [0.2, 0.25) is 0 Å². The number of hydrogen-bond acceptors (Lipinski definition) is 4. The topological polar surface area (TPSA) is 58.7 Å². The summed E-state index contributed by atoms with van der Waals surface area (Å²) in [6.45, 7) is 7.62. The van der Waals surface area contributed by atoms with E-state index in [1.807, 2.05) is 6.07 Å². The maximum Gasteiger partial charge on any atom is 0.0642 e. The number of hydrogen-bond donors (Lipinski definition) is 2. The van der Waals surface area contributed by atoms with Crippen molar-refractivity contribution >= 4 is 5.69 Å². The van der Waals surface area contributed by atoms with Crippen molar-refractivity contribution in [3.63, 3.8) is 0 Å². The van der Waals surface area contributed by atoms with Gasteiger partial charge < -0.3 is 20.5 Å². The van der Waals surface area contributed by atoms with Gasteiger partial charge in [-0.1, -0.05) is 6.07 Å². The Hall–Kier alpha value is -1.10. The average molecular weight is 250 g/mol. The van der Waals surface area contributed by atoms with Crippen molar-refractivity contribution in [3.05, 3.63) is 28.8 Å². The Balaban J connectivity index is 2.30. The molecule has 1 heterocycles. The van der Waals surface area contributed by atoms with Crippen molar-refractivity contribution in [2.24, 2.45) is 5.73 Å². The van der Waals surface area contributed by atoms with Gasteiger partial charge in [0.05, 0.1) is 25.9 Å². The number of nitrogens with two attached hydrogens (primary N) is 1. The fraction of sp³-hybridized carbons (Fsp3) is 0.571. The predicted octanol–water partition coefficient (Wildman–Crippen LogP) is 1.13. The van der Waals surface area contributed by atoms with Crippen LogP contribution in [0, 0.1) is 13.8 Å². The van der Waals surface area contributed by atoms with E-state index in [0.717, 1.165) is 31.9 Å². The zero-order chi connectivity index (χ0) is 13.1. The SMILES string of the molecule is Cc1c([C@H](N)CO)ccc(N2CCOCC2)c1C. The van der Waals surface area contributed by atoms with E-state index in [0.29, 0.717) is 0 Å². The molecule has 0 radical (unpaired) electrons. The van der Waals surface area contributed by atoms with Gasteiger partial charge in [-0.3, -0.25) is 0 Å². The summed E-state index contributed by atoms with van der Waals surface area (Å²) < 4.78 is 5.38. The summed E-state index contributed by atoms with van der Waals surface area (Å²) in [6, 6.07) is 3.86. The minimum absolute atomic E-state index is 0.0167. The van der Waals surface area contributed by atoms with Gasteiger partial charge in [-0.2, -0.15) is 0 Å². The van der Waals surface area contributed by atoms with E-state index < -0.39 is 0 Å². The third-order valence-corrected chi connectivity index (χ3v) is 3.75. The van der Waals surface area contributed by atoms with E-state index in [-0.39, 0.29) is 12.6 Å². The standard InChI is InChI=1S/C14H22N2O2/c1-10-11(2)14(16-5-7-18-8-6-16)4-3-12(10)13(15)9-17/h3-4,13,17H,5-9,15H2,1-2H3/t13-/m1/s1. The van der Waals surface area contributed by atoms with Gasteiger partial charge in [0, 0.05) is 18.8 Å². The second-order valence-corrected chi connectivity index (χ2v) is 4.81. The van der Waals surface area contributed by atoms with Crippen molar-refractivity contribution in [1.82, 2.24) is 0 Å². The smallest absolute Gasteiger partial charge is 0.0642 e. The van der Waals surface area contributed by atoms with Crippen LogP contribution in [0.25, 0.3) is 0 Å². The molecule has 3 N–H and O–H groups in total. The van der Waals surface area contributed by atoms with Gasteiger partial charge in [-0.15, -0.1) is 0 Å². The van der Waals surface area contributed by atoms with E-state index in [1.165, 1.54) is 16.8 Å². The second-order valence-electron chi connectivity index (χ2n) is 4.81. The predicted molar refractivity (Wildman–Crippen MR) is 73.0 cm³/mol. The first-order valence-corrected chi connectivity index (χ1v) is 6.44. The monoisotopic (exact) mass is 250 g/mol. The molecule has 1 aliphatic heterocycles. The second kappa shape index (κ2) is 5.69. The highest BCUT2D eigenvalue weighted by Gasteiger charge is 2.17. The zero-order valence-corrected chi connectivity index (χ0v) is 11.1. The van der Waals surface area contributed by atoms with E-state index >= 15 is 0 Å². The number of ether oxygens (including phenoxy) is 1. The molecule has 0 spiro atoms. The molecule has 0 saturated carbocycles. The number of anilines is 1. The Morgan fingerprint density at radius 1 is 1.28 bits per heavy atom. The highest BCUT2D eigenvalue weighted by molar-refractivity contribution is 5.58. The van der Waals surface area contributed by atoms with Crippen molar-refractivity contribution < 1.29 is 9.84 Å². The summed E-state index contributed by atoms with van der Waals surface area (Å²) in [5.74, 6) is 0. The molecule has 18 heavy (non-hydrogen) atoms. The first-order valence-electron chi connectivity index (χ1n) is 6.44. The summed E-state index contributed by atoms with van der Waals surface area (Å²) in [4.78, 5) is 2.35. The van der Waals surface area contributed by atoms with Crippen LogP contribution in [0.1, 0.15) is 22.7 Å². The molecule has 1 saturated heterocycles. The van der Waals surface area contributed by atoms with Crippen molar-refractivity contribution in [3.8, 4) is 0 Å². The molecule has 2 rings (SSSR count). The molecule has 1 fully saturated rings. The number of aliphatic hydroxyl groups excluding tert-OH is 1. The normalized spacial score (nSPS) is 17.9. The Morgan fingerprint density at radius 2 is 1.94 bits per heavy atom. The van der Waals surface area contributed by atoms with Crippen molar-refractivity contribution in [2.45, 2.75) is 19.9 Å². The van der Waals surface area contributed by atoms with Crippen molar-refractivity contribution in [2.75, 3.05) is 37.8 Å². The molecule has 1 aromatic rings. The molecule has 1 atom stereocenters.